The van der Waals surface area contributed by atoms with Crippen LogP contribution in [0.15, 0.2) is 60.7 Å². The standard InChI is InChI=1S/C22H22O5/c1-3-26-21(24)15-19(22(25)27-4-2)17-10-12-18(13-11-17)20(23)14-16-8-6-5-7-9-16/h5-13,15H,3-4,14H2,1-2H3/b19-15-. The molecule has 0 saturated heterocycles. The van der Waals surface area contributed by atoms with Crippen molar-refractivity contribution in [2.75, 3.05) is 13.2 Å². The first-order valence-corrected chi connectivity index (χ1v) is 8.78. The van der Waals surface area contributed by atoms with Crippen molar-refractivity contribution in [2.45, 2.75) is 20.3 Å². The van der Waals surface area contributed by atoms with Crippen molar-refractivity contribution in [3.8, 4) is 0 Å². The van der Waals surface area contributed by atoms with Gasteiger partial charge in [0.1, 0.15) is 0 Å². The van der Waals surface area contributed by atoms with Gasteiger partial charge >= 0.3 is 11.9 Å². The lowest BCUT2D eigenvalue weighted by atomic mass is 9.99. The monoisotopic (exact) mass is 366 g/mol. The van der Waals surface area contributed by atoms with E-state index < -0.39 is 11.9 Å². The van der Waals surface area contributed by atoms with Gasteiger partial charge in [0.25, 0.3) is 0 Å². The van der Waals surface area contributed by atoms with Gasteiger partial charge in [0, 0.05) is 18.1 Å². The Morgan fingerprint density at radius 2 is 1.41 bits per heavy atom. The largest absolute Gasteiger partial charge is 0.463 e. The van der Waals surface area contributed by atoms with Gasteiger partial charge in [0.15, 0.2) is 5.78 Å². The van der Waals surface area contributed by atoms with E-state index in [1.807, 2.05) is 30.3 Å². The predicted molar refractivity (Wildman–Crippen MR) is 102 cm³/mol. The lowest BCUT2D eigenvalue weighted by Crippen LogP contribution is -2.11. The minimum atomic E-state index is -0.621. The highest BCUT2D eigenvalue weighted by Gasteiger charge is 2.16. The average Bonchev–Trinajstić information content (AvgIpc) is 2.67. The molecule has 2 aromatic carbocycles. The van der Waals surface area contributed by atoms with Crippen molar-refractivity contribution < 1.29 is 23.9 Å². The lowest BCUT2D eigenvalue weighted by molar-refractivity contribution is -0.139. The van der Waals surface area contributed by atoms with Crippen molar-refractivity contribution in [1.29, 1.82) is 0 Å². The summed E-state index contributed by atoms with van der Waals surface area (Å²) in [5, 5.41) is 0. The molecule has 2 aromatic rings. The molecule has 0 aliphatic rings. The molecule has 0 unspecified atom stereocenters. The summed E-state index contributed by atoms with van der Waals surface area (Å²) >= 11 is 0. The fourth-order valence-electron chi connectivity index (χ4n) is 2.49. The first kappa shape index (κ1) is 20.1. The van der Waals surface area contributed by atoms with E-state index in [0.717, 1.165) is 11.6 Å². The predicted octanol–water partition coefficient (Wildman–Crippen LogP) is 3.62. The van der Waals surface area contributed by atoms with E-state index in [4.69, 9.17) is 9.47 Å². The Labute approximate surface area is 158 Å². The molecule has 0 aliphatic carbocycles. The fourth-order valence-corrected chi connectivity index (χ4v) is 2.49. The van der Waals surface area contributed by atoms with Gasteiger partial charge in [-0.2, -0.15) is 0 Å². The smallest absolute Gasteiger partial charge is 0.338 e. The van der Waals surface area contributed by atoms with E-state index >= 15 is 0 Å². The highest BCUT2D eigenvalue weighted by Crippen LogP contribution is 2.18. The molecule has 2 rings (SSSR count). The van der Waals surface area contributed by atoms with E-state index in [2.05, 4.69) is 0 Å². The topological polar surface area (TPSA) is 69.7 Å². The molecule has 5 heteroatoms. The maximum atomic E-state index is 12.4. The van der Waals surface area contributed by atoms with Gasteiger partial charge in [-0.3, -0.25) is 4.79 Å². The van der Waals surface area contributed by atoms with Crippen LogP contribution in [-0.2, 0) is 25.5 Å². The molecule has 0 aromatic heterocycles. The van der Waals surface area contributed by atoms with Gasteiger partial charge in [-0.25, -0.2) is 9.59 Å². The van der Waals surface area contributed by atoms with Crippen LogP contribution < -0.4 is 0 Å². The van der Waals surface area contributed by atoms with Crippen LogP contribution in [0.25, 0.3) is 5.57 Å². The number of ketones is 1. The second kappa shape index (κ2) is 10.1. The van der Waals surface area contributed by atoms with Gasteiger partial charge in [0.2, 0.25) is 0 Å². The van der Waals surface area contributed by atoms with Crippen LogP contribution in [-0.4, -0.2) is 30.9 Å². The van der Waals surface area contributed by atoms with Gasteiger partial charge in [0.05, 0.1) is 18.8 Å². The zero-order chi connectivity index (χ0) is 19.6. The third-order valence-corrected chi connectivity index (χ3v) is 3.77. The molecule has 140 valence electrons. The molecule has 0 heterocycles. The molecule has 0 N–H and O–H groups in total. The Bertz CT molecular complexity index is 820. The van der Waals surface area contributed by atoms with Gasteiger partial charge in [-0.1, -0.05) is 54.6 Å². The summed E-state index contributed by atoms with van der Waals surface area (Å²) in [7, 11) is 0. The highest BCUT2D eigenvalue weighted by atomic mass is 16.5. The van der Waals surface area contributed by atoms with Crippen LogP contribution in [0.5, 0.6) is 0 Å². The van der Waals surface area contributed by atoms with E-state index in [9.17, 15) is 14.4 Å². The van der Waals surface area contributed by atoms with Crippen LogP contribution in [0, 0.1) is 0 Å². The Kier molecular flexibility index (Phi) is 7.49. The van der Waals surface area contributed by atoms with E-state index in [-0.39, 0.29) is 24.6 Å². The van der Waals surface area contributed by atoms with Crippen LogP contribution in [0.1, 0.15) is 35.3 Å². The number of hydrogen-bond donors (Lipinski definition) is 0. The Morgan fingerprint density at radius 3 is 2.00 bits per heavy atom. The number of Topliss-reactive ketones (excluding diaryl/α,β-unsaturated/α-hetero) is 1. The van der Waals surface area contributed by atoms with E-state index in [0.29, 0.717) is 17.5 Å². The SMILES string of the molecule is CCOC(=O)/C=C(\C(=O)OCC)c1ccc(C(=O)Cc2ccccc2)cc1. The van der Waals surface area contributed by atoms with Crippen molar-refractivity contribution >= 4 is 23.3 Å². The van der Waals surface area contributed by atoms with Crippen LogP contribution in [0.3, 0.4) is 0 Å². The molecule has 0 saturated carbocycles. The summed E-state index contributed by atoms with van der Waals surface area (Å²) in [6, 6.07) is 16.0. The highest BCUT2D eigenvalue weighted by molar-refractivity contribution is 6.20. The minimum Gasteiger partial charge on any atom is -0.463 e. The second-order valence-corrected chi connectivity index (χ2v) is 5.69. The molecule has 0 atom stereocenters. The molecule has 0 spiro atoms. The van der Waals surface area contributed by atoms with E-state index in [1.165, 1.54) is 0 Å². The zero-order valence-electron chi connectivity index (χ0n) is 15.4. The number of hydrogen-bond acceptors (Lipinski definition) is 5. The number of rotatable bonds is 8. The number of esters is 2. The summed E-state index contributed by atoms with van der Waals surface area (Å²) in [4.78, 5) is 36.3. The van der Waals surface area contributed by atoms with Gasteiger partial charge in [-0.15, -0.1) is 0 Å². The van der Waals surface area contributed by atoms with Crippen LogP contribution >= 0.6 is 0 Å². The molecule has 0 bridgehead atoms. The fraction of sp³-hybridized carbons (Fsp3) is 0.227. The summed E-state index contributed by atoms with van der Waals surface area (Å²) in [6.45, 7) is 3.76. The minimum absolute atomic E-state index is 0.0280. The average molecular weight is 366 g/mol. The summed E-state index contributed by atoms with van der Waals surface area (Å²) in [6.07, 6.45) is 1.41. The van der Waals surface area contributed by atoms with Crippen molar-refractivity contribution in [1.82, 2.24) is 0 Å². The molecule has 0 amide bonds. The third kappa shape index (κ3) is 5.92. The first-order valence-electron chi connectivity index (χ1n) is 8.78. The summed E-state index contributed by atoms with van der Waals surface area (Å²) in [5.41, 5.74) is 2.04. The van der Waals surface area contributed by atoms with Crippen LogP contribution in [0.4, 0.5) is 0 Å². The normalized spacial score (nSPS) is 11.0. The molecule has 5 nitrogen and oxygen atoms in total. The number of carbonyl (C=O) groups excluding carboxylic acids is 3. The second-order valence-electron chi connectivity index (χ2n) is 5.69. The molecule has 0 radical (unpaired) electrons. The maximum absolute atomic E-state index is 12.4. The Hall–Kier alpha value is -3.21. The Balaban J connectivity index is 2.22. The number of carbonyl (C=O) groups is 3. The maximum Gasteiger partial charge on any atom is 0.338 e. The quantitative estimate of drug-likeness (QED) is 0.405. The lowest BCUT2D eigenvalue weighted by Gasteiger charge is -2.08. The van der Waals surface area contributed by atoms with E-state index in [1.54, 1.807) is 38.1 Å². The van der Waals surface area contributed by atoms with Crippen molar-refractivity contribution in [2.24, 2.45) is 0 Å². The van der Waals surface area contributed by atoms with Crippen LogP contribution in [0.2, 0.25) is 0 Å². The molecule has 0 fully saturated rings. The number of benzene rings is 2. The number of ether oxygens (including phenoxy) is 2. The van der Waals surface area contributed by atoms with Gasteiger partial charge in [-0.05, 0) is 25.0 Å². The first-order chi connectivity index (χ1) is 13.0. The molecular formula is C22H22O5. The Morgan fingerprint density at radius 1 is 0.815 bits per heavy atom. The van der Waals surface area contributed by atoms with Gasteiger partial charge < -0.3 is 9.47 Å². The zero-order valence-corrected chi connectivity index (χ0v) is 15.4. The van der Waals surface area contributed by atoms with Crippen molar-refractivity contribution in [3.05, 3.63) is 77.4 Å². The molecule has 0 aliphatic heterocycles. The van der Waals surface area contributed by atoms with Crippen molar-refractivity contribution in [3.63, 3.8) is 0 Å². The summed E-state index contributed by atoms with van der Waals surface area (Å²) < 4.78 is 9.89. The molecule has 27 heavy (non-hydrogen) atoms. The third-order valence-electron chi connectivity index (χ3n) is 3.77. The summed E-state index contributed by atoms with van der Waals surface area (Å²) in [5.74, 6) is -1.27. The molecular weight excluding hydrogens is 344 g/mol.